The fourth-order valence-electron chi connectivity index (χ4n) is 5.96. The Balaban J connectivity index is 0.000000493. The van der Waals surface area contributed by atoms with Crippen LogP contribution >= 0.6 is 0 Å². The fraction of sp³-hybridized carbons (Fsp3) is 0.643. The maximum atomic E-state index is 13.4. The third-order valence-electron chi connectivity index (χ3n) is 8.16. The van der Waals surface area contributed by atoms with Gasteiger partial charge >= 0.3 is 12.1 Å². The van der Waals surface area contributed by atoms with Gasteiger partial charge in [-0.2, -0.15) is 13.2 Å². The molecule has 0 aromatic heterocycles. The summed E-state index contributed by atoms with van der Waals surface area (Å²) in [5.41, 5.74) is 6.66. The number of methoxy groups -OCH3 is 1. The summed E-state index contributed by atoms with van der Waals surface area (Å²) < 4.78 is 43.4. The second kappa shape index (κ2) is 11.5. The number of ether oxygens (including phenoxy) is 2. The number of aliphatic carboxylic acids is 1. The first-order chi connectivity index (χ1) is 19.2. The molecule has 1 aromatic carbocycles. The lowest BCUT2D eigenvalue weighted by Crippen LogP contribution is -2.55. The number of carbonyl (C=O) groups is 3. The molecule has 0 saturated heterocycles. The van der Waals surface area contributed by atoms with Crippen LogP contribution in [0.25, 0.3) is 0 Å². The number of carboxylic acids is 1. The summed E-state index contributed by atoms with van der Waals surface area (Å²) in [6.45, 7) is 4.31. The van der Waals surface area contributed by atoms with Gasteiger partial charge in [-0.15, -0.1) is 0 Å². The Morgan fingerprint density at radius 3 is 2.51 bits per heavy atom. The van der Waals surface area contributed by atoms with E-state index in [1.54, 1.807) is 12.0 Å². The Kier molecular flexibility index (Phi) is 8.58. The van der Waals surface area contributed by atoms with Crippen molar-refractivity contribution in [2.75, 3.05) is 13.7 Å². The van der Waals surface area contributed by atoms with Crippen LogP contribution in [-0.4, -0.2) is 70.8 Å². The molecule has 0 bridgehead atoms. The predicted octanol–water partition coefficient (Wildman–Crippen LogP) is 3.55. The number of halogens is 3. The highest BCUT2D eigenvalue weighted by atomic mass is 19.4. The van der Waals surface area contributed by atoms with Gasteiger partial charge in [0.05, 0.1) is 18.0 Å². The Morgan fingerprint density at radius 1 is 1.29 bits per heavy atom. The number of hydrogen-bond donors (Lipinski definition) is 3. The summed E-state index contributed by atoms with van der Waals surface area (Å²) in [4.78, 5) is 41.5. The molecule has 0 radical (unpaired) electrons. The molecule has 13 heteroatoms. The maximum Gasteiger partial charge on any atom is 0.490 e. The minimum atomic E-state index is -5.08. The second-order valence-corrected chi connectivity index (χ2v) is 11.8. The van der Waals surface area contributed by atoms with Crippen molar-refractivity contribution in [1.82, 2.24) is 10.2 Å². The molecule has 1 aromatic rings. The normalized spacial score (nSPS) is 26.3. The lowest BCUT2D eigenvalue weighted by atomic mass is 9.73. The number of rotatable bonds is 7. The number of benzene rings is 1. The zero-order chi connectivity index (χ0) is 30.2. The summed E-state index contributed by atoms with van der Waals surface area (Å²) >= 11 is 0. The number of carbonyl (C=O) groups excluding carboxylic acids is 2. The highest BCUT2D eigenvalue weighted by molar-refractivity contribution is 5.99. The van der Waals surface area contributed by atoms with Crippen molar-refractivity contribution in [1.29, 1.82) is 0 Å². The summed E-state index contributed by atoms with van der Waals surface area (Å²) in [6.07, 6.45) is 0.614. The molecule has 226 valence electrons. The lowest BCUT2D eigenvalue weighted by Gasteiger charge is -2.48. The molecule has 2 aliphatic heterocycles. The number of nitrogens with two attached hydrogens (primary N) is 1. The largest absolute Gasteiger partial charge is 0.490 e. The van der Waals surface area contributed by atoms with Gasteiger partial charge in [-0.25, -0.2) is 9.79 Å². The van der Waals surface area contributed by atoms with Gasteiger partial charge in [0.15, 0.2) is 5.96 Å². The molecule has 4 N–H and O–H groups in total. The van der Waals surface area contributed by atoms with Crippen LogP contribution in [0.1, 0.15) is 70.4 Å². The number of amides is 2. The molecule has 4 atom stereocenters. The molecule has 2 aliphatic carbocycles. The highest BCUT2D eigenvalue weighted by Crippen LogP contribution is 2.50. The van der Waals surface area contributed by atoms with Crippen LogP contribution in [0.4, 0.5) is 13.2 Å². The quantitative estimate of drug-likeness (QED) is 0.446. The zero-order valence-corrected chi connectivity index (χ0v) is 23.4. The van der Waals surface area contributed by atoms with Crippen molar-refractivity contribution in [2.24, 2.45) is 22.6 Å². The van der Waals surface area contributed by atoms with Crippen LogP contribution in [0.2, 0.25) is 0 Å². The van der Waals surface area contributed by atoms with Crippen LogP contribution in [-0.2, 0) is 19.1 Å². The van der Waals surface area contributed by atoms with Crippen molar-refractivity contribution in [3.05, 3.63) is 29.8 Å². The number of carboxylic acid groups (broad SMARTS) is 1. The van der Waals surface area contributed by atoms with Gasteiger partial charge in [0.1, 0.15) is 11.4 Å². The Morgan fingerprint density at radius 2 is 1.95 bits per heavy atom. The Bertz CT molecular complexity index is 1200. The van der Waals surface area contributed by atoms with Crippen LogP contribution < -0.4 is 15.8 Å². The zero-order valence-electron chi connectivity index (χ0n) is 23.4. The number of nitrogens with one attached hydrogen (secondary N) is 1. The molecule has 2 saturated carbocycles. The van der Waals surface area contributed by atoms with Gasteiger partial charge in [-0.05, 0) is 57.9 Å². The van der Waals surface area contributed by atoms with Gasteiger partial charge < -0.3 is 25.6 Å². The van der Waals surface area contributed by atoms with Gasteiger partial charge in [-0.1, -0.05) is 18.2 Å². The van der Waals surface area contributed by atoms with Crippen molar-refractivity contribution in [2.45, 2.75) is 88.2 Å². The Hall–Kier alpha value is -3.35. The third kappa shape index (κ3) is 6.94. The molecule has 4 aliphatic rings. The van der Waals surface area contributed by atoms with Gasteiger partial charge in [0.25, 0.3) is 0 Å². The number of para-hydroxylation sites is 1. The van der Waals surface area contributed by atoms with Crippen LogP contribution in [0.15, 0.2) is 29.3 Å². The standard InChI is InChI=1S/C26H36N4O4.C2HF3O2/c1-25(2)15-22(31)30(24(27)29-25)20(9-12-33-3)17-13-18(17)23(32)28-19-14-26(10-6-11-26)34-21-8-5-4-7-16(19)21;3-2(4,5)1(6)7/h4-5,7-8,17-20H,6,9-15H2,1-3H3,(H2,27,29)(H,28,32);(H,6,7)/t17-,18-,19?,20-;/m1./s1. The van der Waals surface area contributed by atoms with E-state index in [-0.39, 0.29) is 47.3 Å². The van der Waals surface area contributed by atoms with Crippen molar-refractivity contribution in [3.8, 4) is 5.75 Å². The van der Waals surface area contributed by atoms with E-state index in [0.717, 1.165) is 37.0 Å². The molecule has 2 amide bonds. The van der Waals surface area contributed by atoms with E-state index in [0.29, 0.717) is 19.4 Å². The van der Waals surface area contributed by atoms with Gasteiger partial charge in [-0.3, -0.25) is 14.5 Å². The fourth-order valence-corrected chi connectivity index (χ4v) is 5.96. The molecule has 2 fully saturated rings. The van der Waals surface area contributed by atoms with E-state index in [1.807, 2.05) is 38.1 Å². The van der Waals surface area contributed by atoms with E-state index in [2.05, 4.69) is 10.3 Å². The van der Waals surface area contributed by atoms with Crippen LogP contribution in [0, 0.1) is 11.8 Å². The molecular weight excluding hydrogens is 545 g/mol. The number of alkyl halides is 3. The smallest absolute Gasteiger partial charge is 0.487 e. The number of guanidine groups is 1. The van der Waals surface area contributed by atoms with E-state index in [9.17, 15) is 22.8 Å². The summed E-state index contributed by atoms with van der Waals surface area (Å²) in [5, 5.41) is 10.4. The molecular formula is C28H37F3N4O6. The molecule has 5 rings (SSSR count). The summed E-state index contributed by atoms with van der Waals surface area (Å²) in [5.74, 6) is -1.72. The van der Waals surface area contributed by atoms with Crippen LogP contribution in [0.5, 0.6) is 5.75 Å². The monoisotopic (exact) mass is 582 g/mol. The first kappa shape index (κ1) is 30.6. The predicted molar refractivity (Wildman–Crippen MR) is 142 cm³/mol. The topological polar surface area (TPSA) is 144 Å². The van der Waals surface area contributed by atoms with Crippen molar-refractivity contribution in [3.63, 3.8) is 0 Å². The van der Waals surface area contributed by atoms with Crippen molar-refractivity contribution < 1.29 is 42.1 Å². The molecule has 2 heterocycles. The third-order valence-corrected chi connectivity index (χ3v) is 8.16. The van der Waals surface area contributed by atoms with Gasteiger partial charge in [0.2, 0.25) is 11.8 Å². The minimum Gasteiger partial charge on any atom is -0.487 e. The van der Waals surface area contributed by atoms with E-state index in [4.69, 9.17) is 25.1 Å². The molecule has 1 unspecified atom stereocenters. The van der Waals surface area contributed by atoms with E-state index in [1.165, 1.54) is 6.42 Å². The second-order valence-electron chi connectivity index (χ2n) is 11.8. The summed E-state index contributed by atoms with van der Waals surface area (Å²) in [7, 11) is 1.64. The maximum absolute atomic E-state index is 13.4. The summed E-state index contributed by atoms with van der Waals surface area (Å²) in [6, 6.07) is 7.77. The van der Waals surface area contributed by atoms with E-state index >= 15 is 0 Å². The minimum absolute atomic E-state index is 0.0325. The average Bonchev–Trinajstić information content (AvgIpc) is 3.64. The molecule has 10 nitrogen and oxygen atoms in total. The highest BCUT2D eigenvalue weighted by Gasteiger charge is 2.53. The van der Waals surface area contributed by atoms with Crippen LogP contribution in [0.3, 0.4) is 0 Å². The molecule has 1 spiro atoms. The number of aliphatic imine (C=N–C) groups is 1. The van der Waals surface area contributed by atoms with E-state index < -0.39 is 17.7 Å². The SMILES string of the molecule is COCC[C@H]([C@@H]1C[C@H]1C(=O)NC1CC2(CCC2)Oc2ccccc21)N1C(=O)CC(C)(C)N=C1N.O=C(O)C(F)(F)F. The van der Waals surface area contributed by atoms with Crippen molar-refractivity contribution >= 4 is 23.7 Å². The first-order valence-corrected chi connectivity index (χ1v) is 13.7. The number of hydrogen-bond acceptors (Lipinski definition) is 7. The molecule has 41 heavy (non-hydrogen) atoms. The Labute approximate surface area is 236 Å². The lowest BCUT2D eigenvalue weighted by molar-refractivity contribution is -0.192. The number of nitrogens with zero attached hydrogens (tertiary/aromatic N) is 2. The number of fused-ring (bicyclic) bond motifs is 1. The van der Waals surface area contributed by atoms with Gasteiger partial charge in [0, 0.05) is 37.7 Å². The average molecular weight is 583 g/mol. The first-order valence-electron chi connectivity index (χ1n) is 13.7.